The van der Waals surface area contributed by atoms with E-state index in [0.29, 0.717) is 18.2 Å². The number of nitrogens with zero attached hydrogens (tertiary/aromatic N) is 1. The molecule has 0 radical (unpaired) electrons. The van der Waals surface area contributed by atoms with Gasteiger partial charge in [-0.15, -0.1) is 0 Å². The van der Waals surface area contributed by atoms with E-state index >= 15 is 0 Å². The number of carbonyl (C=O) groups is 2. The molecule has 1 unspecified atom stereocenters. The van der Waals surface area contributed by atoms with E-state index in [1.165, 1.54) is 24.8 Å². The normalized spacial score (nSPS) is 16.5. The van der Waals surface area contributed by atoms with Crippen molar-refractivity contribution in [3.63, 3.8) is 0 Å². The van der Waals surface area contributed by atoms with Crippen molar-refractivity contribution < 1.29 is 24.9 Å². The first-order valence-corrected chi connectivity index (χ1v) is 10.7. The molecule has 1 aliphatic carbocycles. The van der Waals surface area contributed by atoms with Gasteiger partial charge in [0.05, 0.1) is 5.60 Å². The first-order chi connectivity index (χ1) is 14.0. The van der Waals surface area contributed by atoms with Gasteiger partial charge in [-0.05, 0) is 63.9 Å². The fraction of sp³-hybridized carbons (Fsp3) is 0.565. The van der Waals surface area contributed by atoms with Crippen LogP contribution in [0.25, 0.3) is 0 Å². The van der Waals surface area contributed by atoms with Crippen molar-refractivity contribution in [2.75, 3.05) is 14.1 Å². The van der Waals surface area contributed by atoms with Crippen LogP contribution in [0.1, 0.15) is 57.9 Å². The summed E-state index contributed by atoms with van der Waals surface area (Å²) in [6, 6.07) is 8.70. The molecule has 168 valence electrons. The van der Waals surface area contributed by atoms with Crippen molar-refractivity contribution in [1.29, 1.82) is 0 Å². The van der Waals surface area contributed by atoms with Crippen molar-refractivity contribution in [3.8, 4) is 0 Å². The quantitative estimate of drug-likeness (QED) is 0.495. The molecular formula is C23H34ClNO5. The van der Waals surface area contributed by atoms with E-state index in [9.17, 15) is 14.7 Å². The molecule has 3 N–H and O–H groups in total. The Morgan fingerprint density at radius 3 is 1.87 bits per heavy atom. The molecule has 7 heteroatoms. The van der Waals surface area contributed by atoms with Gasteiger partial charge in [-0.3, -0.25) is 0 Å². The zero-order valence-corrected chi connectivity index (χ0v) is 19.0. The Balaban J connectivity index is 0.000000479. The summed E-state index contributed by atoms with van der Waals surface area (Å²) in [5.41, 5.74) is 0.965. The lowest BCUT2D eigenvalue weighted by Crippen LogP contribution is -2.55. The number of carboxylic acid groups (broad SMARTS) is 2. The van der Waals surface area contributed by atoms with Crippen molar-refractivity contribution in [3.05, 3.63) is 47.0 Å². The maximum Gasteiger partial charge on any atom is 0.328 e. The molecule has 6 nitrogen and oxygen atoms in total. The third kappa shape index (κ3) is 7.11. The minimum Gasteiger partial charge on any atom is -0.478 e. The number of likely N-dealkylation sites (N-methyl/N-ethyl adjacent to an activating group) is 1. The maximum absolute atomic E-state index is 10.9. The van der Waals surface area contributed by atoms with Gasteiger partial charge >= 0.3 is 11.9 Å². The summed E-state index contributed by atoms with van der Waals surface area (Å²) in [5, 5.41) is 27.3. The van der Waals surface area contributed by atoms with Crippen LogP contribution in [-0.4, -0.2) is 57.9 Å². The van der Waals surface area contributed by atoms with Crippen LogP contribution in [0, 0.1) is 0 Å². The van der Waals surface area contributed by atoms with Gasteiger partial charge in [0, 0.05) is 28.6 Å². The number of aliphatic carboxylic acids is 2. The SMILES string of the molecule is CCC(O)(CC)CC(N(C)C)C1(c2ccc(Cl)cc2)CCC1.O=C(O)C=CC(=O)O. The fourth-order valence-corrected chi connectivity index (χ4v) is 4.19. The lowest BCUT2D eigenvalue weighted by Gasteiger charge is -2.52. The van der Waals surface area contributed by atoms with Gasteiger partial charge in [0.2, 0.25) is 0 Å². The number of hydrogen-bond donors (Lipinski definition) is 3. The van der Waals surface area contributed by atoms with Crippen LogP contribution in [0.3, 0.4) is 0 Å². The molecule has 0 aromatic heterocycles. The average Bonchev–Trinajstić information content (AvgIpc) is 2.66. The van der Waals surface area contributed by atoms with Crippen molar-refractivity contribution in [2.45, 2.75) is 69.4 Å². The summed E-state index contributed by atoms with van der Waals surface area (Å²) in [4.78, 5) is 21.4. The average molecular weight is 440 g/mol. The highest BCUT2D eigenvalue weighted by atomic mass is 35.5. The summed E-state index contributed by atoms with van der Waals surface area (Å²) in [5.74, 6) is -2.51. The molecule has 1 aromatic carbocycles. The summed E-state index contributed by atoms with van der Waals surface area (Å²) in [7, 11) is 4.29. The molecule has 1 atom stereocenters. The Morgan fingerprint density at radius 1 is 1.10 bits per heavy atom. The van der Waals surface area contributed by atoms with Gasteiger partial charge in [0.25, 0.3) is 0 Å². The number of carboxylic acids is 2. The van der Waals surface area contributed by atoms with Crippen molar-refractivity contribution in [2.24, 2.45) is 0 Å². The molecule has 0 amide bonds. The smallest absolute Gasteiger partial charge is 0.328 e. The molecule has 2 rings (SSSR count). The minimum atomic E-state index is -1.26. The van der Waals surface area contributed by atoms with Crippen LogP contribution in [0.4, 0.5) is 0 Å². The summed E-state index contributed by atoms with van der Waals surface area (Å²) >= 11 is 6.07. The molecule has 0 heterocycles. The van der Waals surface area contributed by atoms with Gasteiger partial charge in [-0.2, -0.15) is 0 Å². The first kappa shape index (κ1) is 26.1. The topological polar surface area (TPSA) is 98.1 Å². The van der Waals surface area contributed by atoms with Gasteiger partial charge in [0.1, 0.15) is 0 Å². The van der Waals surface area contributed by atoms with Crippen LogP contribution < -0.4 is 0 Å². The van der Waals surface area contributed by atoms with Crippen LogP contribution >= 0.6 is 11.6 Å². The molecule has 0 aliphatic heterocycles. The van der Waals surface area contributed by atoms with Gasteiger partial charge < -0.3 is 20.2 Å². The highest BCUT2D eigenvalue weighted by Gasteiger charge is 2.48. The lowest BCUT2D eigenvalue weighted by atomic mass is 9.58. The molecule has 1 aromatic rings. The summed E-state index contributed by atoms with van der Waals surface area (Å²) < 4.78 is 0. The first-order valence-electron chi connectivity index (χ1n) is 10.3. The second kappa shape index (κ2) is 11.5. The molecule has 0 bridgehead atoms. The monoisotopic (exact) mass is 439 g/mol. The molecule has 1 aliphatic rings. The Kier molecular flexibility index (Phi) is 10.0. The fourth-order valence-electron chi connectivity index (χ4n) is 4.07. The molecule has 30 heavy (non-hydrogen) atoms. The lowest BCUT2D eigenvalue weighted by molar-refractivity contribution is -0.134. The Morgan fingerprint density at radius 2 is 1.57 bits per heavy atom. The molecule has 0 spiro atoms. The van der Waals surface area contributed by atoms with E-state index in [1.54, 1.807) is 0 Å². The van der Waals surface area contributed by atoms with Crippen molar-refractivity contribution in [1.82, 2.24) is 4.90 Å². The zero-order valence-electron chi connectivity index (χ0n) is 18.3. The highest BCUT2D eigenvalue weighted by Crippen LogP contribution is 2.50. The Hall–Kier alpha value is -1.89. The van der Waals surface area contributed by atoms with E-state index in [2.05, 4.69) is 45.0 Å². The van der Waals surface area contributed by atoms with Gasteiger partial charge in [0.15, 0.2) is 0 Å². The second-order valence-electron chi connectivity index (χ2n) is 8.14. The number of halogens is 1. The van der Waals surface area contributed by atoms with Gasteiger partial charge in [-0.25, -0.2) is 9.59 Å². The van der Waals surface area contributed by atoms with E-state index < -0.39 is 17.5 Å². The second-order valence-corrected chi connectivity index (χ2v) is 8.58. The predicted molar refractivity (Wildman–Crippen MR) is 119 cm³/mol. The largest absolute Gasteiger partial charge is 0.478 e. The Bertz CT molecular complexity index is 706. The third-order valence-corrected chi connectivity index (χ3v) is 6.44. The minimum absolute atomic E-state index is 0.159. The molecular weight excluding hydrogens is 406 g/mol. The third-order valence-electron chi connectivity index (χ3n) is 6.18. The van der Waals surface area contributed by atoms with Gasteiger partial charge in [-0.1, -0.05) is 44.0 Å². The van der Waals surface area contributed by atoms with E-state index in [0.717, 1.165) is 24.3 Å². The highest BCUT2D eigenvalue weighted by molar-refractivity contribution is 6.30. The number of benzene rings is 1. The zero-order chi connectivity index (χ0) is 22.9. The van der Waals surface area contributed by atoms with Crippen molar-refractivity contribution >= 4 is 23.5 Å². The Labute approximate surface area is 184 Å². The van der Waals surface area contributed by atoms with E-state index in [-0.39, 0.29) is 5.41 Å². The molecule has 1 fully saturated rings. The molecule has 1 saturated carbocycles. The number of hydrogen-bond acceptors (Lipinski definition) is 4. The standard InChI is InChI=1S/C19H30ClNO.C4H4O4/c1-5-18(22,6-2)14-17(21(3)4)19(12-7-13-19)15-8-10-16(20)11-9-15;5-3(6)1-2-4(7)8/h8-11,17,22H,5-7,12-14H2,1-4H3;1-2H,(H,5,6)(H,7,8). The summed E-state index contributed by atoms with van der Waals surface area (Å²) in [6.07, 6.45) is 7.22. The van der Waals surface area contributed by atoms with Crippen LogP contribution in [-0.2, 0) is 15.0 Å². The maximum atomic E-state index is 10.9. The predicted octanol–water partition coefficient (Wildman–Crippen LogP) is 4.34. The van der Waals surface area contributed by atoms with Crippen LogP contribution in [0.2, 0.25) is 5.02 Å². The molecule has 0 saturated heterocycles. The summed E-state index contributed by atoms with van der Waals surface area (Å²) in [6.45, 7) is 4.18. The number of rotatable bonds is 9. The van der Waals surface area contributed by atoms with E-state index in [1.807, 2.05) is 12.1 Å². The number of aliphatic hydroxyl groups is 1. The van der Waals surface area contributed by atoms with Crippen LogP contribution in [0.5, 0.6) is 0 Å². The van der Waals surface area contributed by atoms with E-state index in [4.69, 9.17) is 21.8 Å². The van der Waals surface area contributed by atoms with Crippen LogP contribution in [0.15, 0.2) is 36.4 Å².